The summed E-state index contributed by atoms with van der Waals surface area (Å²) in [7, 11) is 0. The van der Waals surface area contributed by atoms with Gasteiger partial charge in [0.2, 0.25) is 5.78 Å². The number of nitro groups is 1. The van der Waals surface area contributed by atoms with Crippen molar-refractivity contribution in [3.8, 4) is 0 Å². The average Bonchev–Trinajstić information content (AvgIpc) is 2.79. The van der Waals surface area contributed by atoms with Crippen molar-refractivity contribution in [2.45, 2.75) is 13.8 Å². The first-order valence-electron chi connectivity index (χ1n) is 6.41. The van der Waals surface area contributed by atoms with Crippen LogP contribution in [-0.4, -0.2) is 28.2 Å². The first-order chi connectivity index (χ1) is 9.93. The molecule has 0 radical (unpaired) electrons. The minimum Gasteiger partial charge on any atom is -0.393 e. The van der Waals surface area contributed by atoms with E-state index in [9.17, 15) is 14.9 Å². The third kappa shape index (κ3) is 3.23. The summed E-state index contributed by atoms with van der Waals surface area (Å²) in [5, 5.41) is 10.9. The lowest BCUT2D eigenvalue weighted by atomic mass is 10.1. The Morgan fingerprint density at radius 2 is 2.29 bits per heavy atom. The van der Waals surface area contributed by atoms with Crippen LogP contribution < -0.4 is 11.2 Å². The van der Waals surface area contributed by atoms with Crippen LogP contribution in [0.15, 0.2) is 28.7 Å². The lowest BCUT2D eigenvalue weighted by Crippen LogP contribution is -2.30. The summed E-state index contributed by atoms with van der Waals surface area (Å²) in [5.74, 6) is -0.221. The highest BCUT2D eigenvalue weighted by atomic mass is 32.2. The molecule has 1 heterocycles. The maximum atomic E-state index is 12.5. The zero-order valence-corrected chi connectivity index (χ0v) is 12.6. The molecule has 1 aliphatic rings. The average molecular weight is 308 g/mol. The molecule has 0 fully saturated rings. The number of nitrogens with zero attached hydrogens (tertiary/aromatic N) is 2. The number of benzene rings is 1. The summed E-state index contributed by atoms with van der Waals surface area (Å²) >= 11 is 1.32. The molecule has 0 aliphatic carbocycles. The van der Waals surface area contributed by atoms with Crippen molar-refractivity contribution < 1.29 is 9.72 Å². The van der Waals surface area contributed by atoms with E-state index in [1.54, 1.807) is 0 Å². The van der Waals surface area contributed by atoms with E-state index in [-0.39, 0.29) is 22.7 Å². The van der Waals surface area contributed by atoms with Crippen LogP contribution in [0.2, 0.25) is 0 Å². The van der Waals surface area contributed by atoms with Gasteiger partial charge in [0.05, 0.1) is 9.83 Å². The number of anilines is 1. The smallest absolute Gasteiger partial charge is 0.292 e. The first kappa shape index (κ1) is 15.5. The van der Waals surface area contributed by atoms with E-state index in [1.165, 1.54) is 30.1 Å². The van der Waals surface area contributed by atoms with Crippen LogP contribution in [0.3, 0.4) is 0 Å². The molecular weight excluding hydrogens is 292 g/mol. The van der Waals surface area contributed by atoms with E-state index in [0.29, 0.717) is 11.4 Å². The largest absolute Gasteiger partial charge is 0.393 e. The Morgan fingerprint density at radius 3 is 2.90 bits per heavy atom. The summed E-state index contributed by atoms with van der Waals surface area (Å²) in [6.07, 6.45) is 0. The molecule has 1 aromatic rings. The summed E-state index contributed by atoms with van der Waals surface area (Å²) in [5.41, 5.74) is 9.69. The van der Waals surface area contributed by atoms with Crippen molar-refractivity contribution in [3.63, 3.8) is 0 Å². The van der Waals surface area contributed by atoms with Crippen LogP contribution in [0.25, 0.3) is 0 Å². The van der Waals surface area contributed by atoms with Gasteiger partial charge in [0.1, 0.15) is 5.69 Å². The van der Waals surface area contributed by atoms with Crippen LogP contribution in [-0.2, 0) is 0 Å². The molecule has 0 saturated heterocycles. The molecule has 2 rings (SSSR count). The summed E-state index contributed by atoms with van der Waals surface area (Å²) in [6, 6.07) is 4.14. The molecule has 1 aromatic carbocycles. The van der Waals surface area contributed by atoms with Gasteiger partial charge in [0.25, 0.3) is 5.69 Å². The molecule has 7 nitrogen and oxygen atoms in total. The number of allylic oxidation sites excluding steroid dienone is 1. The Kier molecular flexibility index (Phi) is 4.61. The molecule has 0 unspecified atom stereocenters. The predicted octanol–water partition coefficient (Wildman–Crippen LogP) is 2.12. The van der Waals surface area contributed by atoms with E-state index in [1.807, 2.05) is 18.3 Å². The standard InChI is InChI=1S/C13H16N4O3S/c1-3-15-16-7-8(2)13(21-16)12(18)9-4-5-10(14)11(6-9)17(19)20/h4-6,15H,3,7,14H2,1-2H3. The van der Waals surface area contributed by atoms with Crippen LogP contribution in [0.4, 0.5) is 11.4 Å². The number of nitrogens with one attached hydrogen (secondary N) is 1. The number of carbonyl (C=O) groups excluding carboxylic acids is 1. The second-order valence-electron chi connectivity index (χ2n) is 4.61. The number of hydrazine groups is 1. The summed E-state index contributed by atoms with van der Waals surface area (Å²) < 4.78 is 1.87. The zero-order valence-electron chi connectivity index (χ0n) is 11.8. The van der Waals surface area contributed by atoms with Gasteiger partial charge in [-0.1, -0.05) is 6.92 Å². The molecule has 3 N–H and O–H groups in total. The fourth-order valence-corrected chi connectivity index (χ4v) is 3.07. The van der Waals surface area contributed by atoms with Gasteiger partial charge in [0, 0.05) is 24.7 Å². The Bertz CT molecular complexity index is 630. The molecule has 8 heteroatoms. The molecule has 0 atom stereocenters. The normalized spacial score (nSPS) is 15.5. The quantitative estimate of drug-likeness (QED) is 0.282. The Labute approximate surface area is 126 Å². The minimum atomic E-state index is -0.583. The highest BCUT2D eigenvalue weighted by Gasteiger charge is 2.27. The molecule has 0 saturated carbocycles. The lowest BCUT2D eigenvalue weighted by Gasteiger charge is -2.14. The number of Topliss-reactive ketones (excluding diaryl/α,β-unsaturated/α-hetero) is 1. The van der Waals surface area contributed by atoms with E-state index in [2.05, 4.69) is 5.43 Å². The maximum Gasteiger partial charge on any atom is 0.292 e. The van der Waals surface area contributed by atoms with Crippen molar-refractivity contribution in [1.29, 1.82) is 0 Å². The third-order valence-electron chi connectivity index (χ3n) is 3.00. The Hall–Kier alpha value is -1.90. The fraction of sp³-hybridized carbons (Fsp3) is 0.308. The summed E-state index contributed by atoms with van der Waals surface area (Å²) in [4.78, 5) is 23.4. The number of ketones is 1. The highest BCUT2D eigenvalue weighted by molar-refractivity contribution is 8.02. The fourth-order valence-electron chi connectivity index (χ4n) is 1.98. The Balaban J connectivity index is 2.27. The van der Waals surface area contributed by atoms with Crippen LogP contribution in [0.1, 0.15) is 24.2 Å². The number of nitro benzene ring substituents is 1. The molecule has 0 bridgehead atoms. The predicted molar refractivity (Wildman–Crippen MR) is 82.5 cm³/mol. The Morgan fingerprint density at radius 1 is 1.57 bits per heavy atom. The molecular formula is C13H16N4O3S. The van der Waals surface area contributed by atoms with Crippen molar-refractivity contribution >= 4 is 29.1 Å². The van der Waals surface area contributed by atoms with Gasteiger partial charge in [-0.3, -0.25) is 14.9 Å². The SMILES string of the molecule is CCNN1CC(C)=C(C(=O)c2ccc(N)c([N+](=O)[O-])c2)S1. The van der Waals surface area contributed by atoms with Gasteiger partial charge in [-0.25, -0.2) is 5.43 Å². The number of carbonyl (C=O) groups is 1. The van der Waals surface area contributed by atoms with Gasteiger partial charge >= 0.3 is 0 Å². The highest BCUT2D eigenvalue weighted by Crippen LogP contribution is 2.34. The monoisotopic (exact) mass is 308 g/mol. The molecule has 0 aromatic heterocycles. The molecule has 112 valence electrons. The molecule has 0 spiro atoms. The number of nitrogen functional groups attached to an aromatic ring is 1. The van der Waals surface area contributed by atoms with Crippen molar-refractivity contribution in [3.05, 3.63) is 44.4 Å². The summed E-state index contributed by atoms with van der Waals surface area (Å²) in [6.45, 7) is 5.24. The van der Waals surface area contributed by atoms with Gasteiger partial charge in [0.15, 0.2) is 0 Å². The zero-order chi connectivity index (χ0) is 15.6. The second-order valence-corrected chi connectivity index (χ2v) is 5.64. The van der Waals surface area contributed by atoms with Gasteiger partial charge in [-0.2, -0.15) is 4.41 Å². The van der Waals surface area contributed by atoms with Crippen molar-refractivity contribution in [2.24, 2.45) is 0 Å². The molecule has 0 amide bonds. The van der Waals surface area contributed by atoms with E-state index in [0.717, 1.165) is 12.1 Å². The molecule has 21 heavy (non-hydrogen) atoms. The third-order valence-corrected chi connectivity index (χ3v) is 4.19. The van der Waals surface area contributed by atoms with Crippen molar-refractivity contribution in [1.82, 2.24) is 9.84 Å². The van der Waals surface area contributed by atoms with E-state index in [4.69, 9.17) is 5.73 Å². The van der Waals surface area contributed by atoms with Crippen molar-refractivity contribution in [2.75, 3.05) is 18.8 Å². The minimum absolute atomic E-state index is 0.0515. The van der Waals surface area contributed by atoms with Crippen LogP contribution in [0, 0.1) is 10.1 Å². The van der Waals surface area contributed by atoms with Gasteiger partial charge in [-0.05, 0) is 36.6 Å². The van der Waals surface area contributed by atoms with Crippen LogP contribution in [0.5, 0.6) is 0 Å². The van der Waals surface area contributed by atoms with Gasteiger partial charge in [-0.15, -0.1) is 0 Å². The topological polar surface area (TPSA) is 102 Å². The maximum absolute atomic E-state index is 12.5. The first-order valence-corrected chi connectivity index (χ1v) is 7.18. The number of hydrogen-bond acceptors (Lipinski definition) is 7. The van der Waals surface area contributed by atoms with E-state index >= 15 is 0 Å². The number of rotatable bonds is 5. The van der Waals surface area contributed by atoms with Crippen LogP contribution >= 0.6 is 11.9 Å². The van der Waals surface area contributed by atoms with Gasteiger partial charge < -0.3 is 5.73 Å². The number of hydrogen-bond donors (Lipinski definition) is 2. The lowest BCUT2D eigenvalue weighted by molar-refractivity contribution is -0.383. The number of nitrogens with two attached hydrogens (primary N) is 1. The second kappa shape index (κ2) is 6.25. The van der Waals surface area contributed by atoms with E-state index < -0.39 is 4.92 Å². The molecule has 1 aliphatic heterocycles.